The van der Waals surface area contributed by atoms with Crippen LogP contribution in [0.15, 0.2) is 28.7 Å². The topological polar surface area (TPSA) is 23.6 Å². The number of nitrogens with zero attached hydrogens (tertiary/aromatic N) is 2. The van der Waals surface area contributed by atoms with Gasteiger partial charge in [-0.3, -0.25) is 9.69 Å². The molecule has 0 aromatic heterocycles. The fourth-order valence-corrected chi connectivity index (χ4v) is 4.33. The lowest BCUT2D eigenvalue weighted by atomic mass is 9.92. The van der Waals surface area contributed by atoms with Crippen LogP contribution in [0.3, 0.4) is 0 Å². The van der Waals surface area contributed by atoms with Crippen LogP contribution in [0, 0.1) is 11.8 Å². The van der Waals surface area contributed by atoms with Crippen molar-refractivity contribution in [3.63, 3.8) is 0 Å². The van der Waals surface area contributed by atoms with Crippen molar-refractivity contribution in [2.45, 2.75) is 39.2 Å². The molecule has 0 N–H and O–H groups in total. The van der Waals surface area contributed by atoms with Gasteiger partial charge < -0.3 is 4.90 Å². The molecule has 4 heteroatoms. The molecule has 0 unspecified atom stereocenters. The number of likely N-dealkylation sites (tertiary alicyclic amines) is 2. The Morgan fingerprint density at radius 1 is 1.22 bits per heavy atom. The highest BCUT2D eigenvalue weighted by molar-refractivity contribution is 9.10. The summed E-state index contributed by atoms with van der Waals surface area (Å²) in [5.41, 5.74) is 1.34. The largest absolute Gasteiger partial charge is 0.342 e. The molecule has 0 radical (unpaired) electrons. The number of piperidine rings is 2. The van der Waals surface area contributed by atoms with E-state index in [4.69, 9.17) is 0 Å². The first-order valence-electron chi connectivity index (χ1n) is 8.87. The molecular formula is C19H27BrN2O. The lowest BCUT2D eigenvalue weighted by molar-refractivity contribution is -0.138. The van der Waals surface area contributed by atoms with E-state index in [9.17, 15) is 4.79 Å². The van der Waals surface area contributed by atoms with Crippen LogP contribution in [0.4, 0.5) is 0 Å². The zero-order valence-corrected chi connectivity index (χ0v) is 15.6. The van der Waals surface area contributed by atoms with Crippen molar-refractivity contribution in [2.75, 3.05) is 26.2 Å². The number of rotatable bonds is 3. The van der Waals surface area contributed by atoms with Crippen LogP contribution in [-0.4, -0.2) is 41.9 Å². The molecule has 1 aromatic carbocycles. The van der Waals surface area contributed by atoms with E-state index in [-0.39, 0.29) is 5.92 Å². The van der Waals surface area contributed by atoms with Gasteiger partial charge in [0.05, 0.1) is 0 Å². The average molecular weight is 379 g/mol. The molecule has 1 amide bonds. The van der Waals surface area contributed by atoms with Crippen LogP contribution in [0.2, 0.25) is 0 Å². The number of amides is 1. The lowest BCUT2D eigenvalue weighted by Crippen LogP contribution is -2.45. The van der Waals surface area contributed by atoms with Crippen LogP contribution in [0.5, 0.6) is 0 Å². The number of hydrogen-bond donors (Lipinski definition) is 0. The molecule has 0 bridgehead atoms. The van der Waals surface area contributed by atoms with Gasteiger partial charge in [-0.25, -0.2) is 0 Å². The van der Waals surface area contributed by atoms with E-state index in [2.05, 4.69) is 56.9 Å². The number of carbonyl (C=O) groups excluding carboxylic acids is 1. The maximum atomic E-state index is 12.7. The molecule has 2 aliphatic rings. The smallest absolute Gasteiger partial charge is 0.225 e. The van der Waals surface area contributed by atoms with E-state index >= 15 is 0 Å². The highest BCUT2D eigenvalue weighted by Gasteiger charge is 2.30. The number of hydrogen-bond acceptors (Lipinski definition) is 2. The summed E-state index contributed by atoms with van der Waals surface area (Å²) >= 11 is 3.54. The Labute approximate surface area is 148 Å². The third kappa shape index (κ3) is 4.57. The van der Waals surface area contributed by atoms with Crippen molar-refractivity contribution in [3.8, 4) is 0 Å². The van der Waals surface area contributed by atoms with Gasteiger partial charge in [-0.05, 0) is 62.4 Å². The molecule has 2 saturated heterocycles. The Kier molecular flexibility index (Phi) is 5.76. The Bertz CT molecular complexity index is 540. The van der Waals surface area contributed by atoms with E-state index < -0.39 is 0 Å². The number of carbonyl (C=O) groups is 1. The molecule has 0 spiro atoms. The van der Waals surface area contributed by atoms with Gasteiger partial charge in [0.15, 0.2) is 0 Å². The third-order valence-corrected chi connectivity index (χ3v) is 5.69. The van der Waals surface area contributed by atoms with Gasteiger partial charge in [0.1, 0.15) is 0 Å². The summed E-state index contributed by atoms with van der Waals surface area (Å²) in [6.07, 6.45) is 4.47. The van der Waals surface area contributed by atoms with Gasteiger partial charge in [0.25, 0.3) is 0 Å². The average Bonchev–Trinajstić information content (AvgIpc) is 2.55. The van der Waals surface area contributed by atoms with E-state index in [1.165, 1.54) is 18.4 Å². The molecule has 126 valence electrons. The van der Waals surface area contributed by atoms with Gasteiger partial charge in [0.2, 0.25) is 5.91 Å². The van der Waals surface area contributed by atoms with Gasteiger partial charge in [-0.2, -0.15) is 0 Å². The van der Waals surface area contributed by atoms with Gasteiger partial charge in [-0.1, -0.05) is 35.0 Å². The van der Waals surface area contributed by atoms with Crippen LogP contribution < -0.4 is 0 Å². The molecular weight excluding hydrogens is 352 g/mol. The number of halogens is 1. The summed E-state index contributed by atoms with van der Waals surface area (Å²) in [5.74, 6) is 1.34. The van der Waals surface area contributed by atoms with Crippen molar-refractivity contribution in [2.24, 2.45) is 11.8 Å². The van der Waals surface area contributed by atoms with E-state index in [0.29, 0.717) is 11.8 Å². The first-order valence-corrected chi connectivity index (χ1v) is 9.66. The highest BCUT2D eigenvalue weighted by atomic mass is 79.9. The quantitative estimate of drug-likeness (QED) is 0.795. The molecule has 3 nitrogen and oxygen atoms in total. The Balaban J connectivity index is 1.49. The molecule has 0 aliphatic carbocycles. The summed E-state index contributed by atoms with van der Waals surface area (Å²) in [6, 6.07) is 8.52. The van der Waals surface area contributed by atoms with Gasteiger partial charge in [-0.15, -0.1) is 0 Å². The first kappa shape index (κ1) is 17.0. The minimum absolute atomic E-state index is 0.249. The molecule has 2 fully saturated rings. The van der Waals surface area contributed by atoms with Crippen molar-refractivity contribution in [3.05, 3.63) is 34.3 Å². The monoisotopic (exact) mass is 378 g/mol. The van der Waals surface area contributed by atoms with Crippen molar-refractivity contribution < 1.29 is 4.79 Å². The fraction of sp³-hybridized carbons (Fsp3) is 0.632. The van der Waals surface area contributed by atoms with Crippen LogP contribution in [0.25, 0.3) is 0 Å². The van der Waals surface area contributed by atoms with E-state index in [1.807, 2.05) is 0 Å². The Hall–Kier alpha value is -0.870. The predicted octanol–water partition coefficient (Wildman–Crippen LogP) is 3.92. The standard InChI is InChI=1S/C19H27BrN2O/c1-15-4-3-9-22(13-15)19(23)17-7-10-21(11-8-17)14-16-5-2-6-18(20)12-16/h2,5-6,12,15,17H,3-4,7-11,13-14H2,1H3/t15-/m1/s1. The number of benzene rings is 1. The second-order valence-electron chi connectivity index (χ2n) is 7.21. The van der Waals surface area contributed by atoms with Crippen LogP contribution in [0.1, 0.15) is 38.2 Å². The highest BCUT2D eigenvalue weighted by Crippen LogP contribution is 2.24. The Morgan fingerprint density at radius 3 is 2.70 bits per heavy atom. The second kappa shape index (κ2) is 7.80. The lowest BCUT2D eigenvalue weighted by Gasteiger charge is -2.37. The molecule has 1 atom stereocenters. The summed E-state index contributed by atoms with van der Waals surface area (Å²) in [7, 11) is 0. The molecule has 2 aliphatic heterocycles. The third-order valence-electron chi connectivity index (χ3n) is 5.20. The van der Waals surface area contributed by atoms with E-state index in [1.54, 1.807) is 0 Å². The minimum atomic E-state index is 0.249. The summed E-state index contributed by atoms with van der Waals surface area (Å²) in [5, 5.41) is 0. The summed E-state index contributed by atoms with van der Waals surface area (Å²) in [6.45, 7) is 7.26. The molecule has 3 rings (SSSR count). The SMILES string of the molecule is C[C@@H]1CCCN(C(=O)C2CCN(Cc3cccc(Br)c3)CC2)C1. The minimum Gasteiger partial charge on any atom is -0.342 e. The van der Waals surface area contributed by atoms with Gasteiger partial charge >= 0.3 is 0 Å². The Morgan fingerprint density at radius 2 is 2.00 bits per heavy atom. The second-order valence-corrected chi connectivity index (χ2v) is 8.13. The molecule has 2 heterocycles. The summed E-state index contributed by atoms with van der Waals surface area (Å²) in [4.78, 5) is 17.3. The van der Waals surface area contributed by atoms with Crippen molar-refractivity contribution >= 4 is 21.8 Å². The first-order chi connectivity index (χ1) is 11.1. The zero-order chi connectivity index (χ0) is 16.2. The molecule has 1 aromatic rings. The maximum absolute atomic E-state index is 12.7. The molecule has 0 saturated carbocycles. The van der Waals surface area contributed by atoms with Crippen LogP contribution >= 0.6 is 15.9 Å². The van der Waals surface area contributed by atoms with Crippen molar-refractivity contribution in [1.82, 2.24) is 9.80 Å². The van der Waals surface area contributed by atoms with E-state index in [0.717, 1.165) is 50.0 Å². The fourth-order valence-electron chi connectivity index (χ4n) is 3.88. The van der Waals surface area contributed by atoms with Crippen molar-refractivity contribution in [1.29, 1.82) is 0 Å². The maximum Gasteiger partial charge on any atom is 0.225 e. The predicted molar refractivity (Wildman–Crippen MR) is 97.1 cm³/mol. The van der Waals surface area contributed by atoms with Gasteiger partial charge in [0, 0.05) is 30.0 Å². The summed E-state index contributed by atoms with van der Waals surface area (Å²) < 4.78 is 1.14. The van der Waals surface area contributed by atoms with Crippen LogP contribution in [-0.2, 0) is 11.3 Å². The molecule has 23 heavy (non-hydrogen) atoms. The zero-order valence-electron chi connectivity index (χ0n) is 14.0. The normalized spacial score (nSPS) is 23.9.